The van der Waals surface area contributed by atoms with E-state index in [0.717, 1.165) is 12.8 Å². The van der Waals surface area contributed by atoms with Crippen LogP contribution in [0.4, 0.5) is 0 Å². The van der Waals surface area contributed by atoms with Crippen molar-refractivity contribution in [1.29, 1.82) is 0 Å². The van der Waals surface area contributed by atoms with Crippen LogP contribution >= 0.6 is 0 Å². The zero-order valence-corrected chi connectivity index (χ0v) is 24.3. The molecule has 0 aromatic carbocycles. The molecule has 0 aromatic rings. The topological polar surface area (TPSA) is 109 Å². The second kappa shape index (κ2) is 26.7. The van der Waals surface area contributed by atoms with E-state index in [1.54, 1.807) is 0 Å². The normalized spacial score (nSPS) is 11.1. The third kappa shape index (κ3) is 26.5. The maximum absolute atomic E-state index is 11.8. The van der Waals surface area contributed by atoms with Crippen molar-refractivity contribution in [2.45, 2.75) is 129 Å². The van der Waals surface area contributed by atoms with Crippen LogP contribution in [0, 0.1) is 0 Å². The molecule has 0 aromatic heterocycles. The molecular formula is C23H41NNa2O5. The van der Waals surface area contributed by atoms with Gasteiger partial charge in [0.25, 0.3) is 0 Å². The van der Waals surface area contributed by atoms with Crippen LogP contribution in [-0.4, -0.2) is 23.9 Å². The fourth-order valence-electron chi connectivity index (χ4n) is 3.43. The Kier molecular flexibility index (Phi) is 31.0. The summed E-state index contributed by atoms with van der Waals surface area (Å²) in [4.78, 5) is 33.1. The van der Waals surface area contributed by atoms with Gasteiger partial charge < -0.3 is 25.1 Å². The van der Waals surface area contributed by atoms with E-state index in [1.807, 2.05) is 0 Å². The second-order valence-electron chi connectivity index (χ2n) is 8.05. The van der Waals surface area contributed by atoms with Crippen molar-refractivity contribution in [1.82, 2.24) is 5.32 Å². The summed E-state index contributed by atoms with van der Waals surface area (Å²) in [7, 11) is 0. The quantitative estimate of drug-likeness (QED) is 0.146. The largest absolute Gasteiger partial charge is 1.00 e. The second-order valence-corrected chi connectivity index (χ2v) is 8.05. The molecule has 0 aliphatic rings. The molecular weight excluding hydrogens is 416 g/mol. The minimum absolute atomic E-state index is 0. The Morgan fingerprint density at radius 3 is 1.39 bits per heavy atom. The molecule has 0 rings (SSSR count). The molecule has 0 aliphatic heterocycles. The number of nitrogens with one attached hydrogen (secondary N) is 1. The summed E-state index contributed by atoms with van der Waals surface area (Å²) < 4.78 is 0. The number of hydrogen-bond donors (Lipinski definition) is 1. The van der Waals surface area contributed by atoms with Gasteiger partial charge >= 0.3 is 59.1 Å². The number of carboxylic acids is 2. The summed E-state index contributed by atoms with van der Waals surface area (Å²) >= 11 is 0. The monoisotopic (exact) mass is 457 g/mol. The van der Waals surface area contributed by atoms with Crippen LogP contribution in [0.5, 0.6) is 0 Å². The first-order chi connectivity index (χ1) is 14.0. The molecule has 0 heterocycles. The van der Waals surface area contributed by atoms with Gasteiger partial charge in [0.1, 0.15) is 0 Å². The Balaban J connectivity index is -0.00000392. The molecule has 0 saturated heterocycles. The van der Waals surface area contributed by atoms with Gasteiger partial charge in [-0.05, 0) is 19.3 Å². The van der Waals surface area contributed by atoms with Gasteiger partial charge in [-0.15, -0.1) is 0 Å². The molecule has 6 nitrogen and oxygen atoms in total. The number of amides is 1. The van der Waals surface area contributed by atoms with Gasteiger partial charge in [0.15, 0.2) is 0 Å². The third-order valence-electron chi connectivity index (χ3n) is 5.26. The first-order valence-corrected chi connectivity index (χ1v) is 11.7. The van der Waals surface area contributed by atoms with Crippen LogP contribution in [-0.2, 0) is 14.4 Å². The van der Waals surface area contributed by atoms with Crippen LogP contribution < -0.4 is 74.6 Å². The smallest absolute Gasteiger partial charge is 0.550 e. The summed E-state index contributed by atoms with van der Waals surface area (Å²) in [5.41, 5.74) is 0. The van der Waals surface area contributed by atoms with Crippen LogP contribution in [0.25, 0.3) is 0 Å². The third-order valence-corrected chi connectivity index (χ3v) is 5.26. The summed E-state index contributed by atoms with van der Waals surface area (Å²) in [6.07, 6.45) is 18.3. The molecule has 1 N–H and O–H groups in total. The number of aliphatic carboxylic acids is 2. The Labute approximate surface area is 233 Å². The molecule has 0 spiro atoms. The van der Waals surface area contributed by atoms with Crippen molar-refractivity contribution in [3.05, 3.63) is 0 Å². The minimum Gasteiger partial charge on any atom is -0.550 e. The summed E-state index contributed by atoms with van der Waals surface area (Å²) in [6.45, 7) is 2.25. The molecule has 0 unspecified atom stereocenters. The molecule has 1 atom stereocenters. The molecule has 0 aliphatic carbocycles. The SMILES string of the molecule is CCCCCCCCCCCCCCCCCC(=O)N[C@@H](CCC(=O)[O-])C(=O)[O-].[Na+].[Na+]. The van der Waals surface area contributed by atoms with Crippen LogP contribution in [0.3, 0.4) is 0 Å². The van der Waals surface area contributed by atoms with E-state index in [4.69, 9.17) is 0 Å². The van der Waals surface area contributed by atoms with Gasteiger partial charge in [-0.1, -0.05) is 96.8 Å². The van der Waals surface area contributed by atoms with Crippen LogP contribution in [0.15, 0.2) is 0 Å². The molecule has 0 radical (unpaired) electrons. The number of rotatable bonds is 21. The minimum atomic E-state index is -1.46. The molecule has 170 valence electrons. The Morgan fingerprint density at radius 1 is 0.645 bits per heavy atom. The molecule has 1 amide bonds. The van der Waals surface area contributed by atoms with E-state index >= 15 is 0 Å². The van der Waals surface area contributed by atoms with Crippen molar-refractivity contribution in [2.75, 3.05) is 0 Å². The number of carboxylic acid groups (broad SMARTS) is 2. The molecule has 0 bridgehead atoms. The van der Waals surface area contributed by atoms with Crippen LogP contribution in [0.2, 0.25) is 0 Å². The Bertz CT molecular complexity index is 450. The van der Waals surface area contributed by atoms with Crippen molar-refractivity contribution in [3.8, 4) is 0 Å². The summed E-state index contributed by atoms with van der Waals surface area (Å²) in [5.74, 6) is -3.17. The number of unbranched alkanes of at least 4 members (excludes halogenated alkanes) is 14. The van der Waals surface area contributed by atoms with E-state index in [2.05, 4.69) is 12.2 Å². The van der Waals surface area contributed by atoms with Gasteiger partial charge in [0.2, 0.25) is 5.91 Å². The van der Waals surface area contributed by atoms with E-state index < -0.39 is 24.4 Å². The molecule has 8 heteroatoms. The zero-order chi connectivity index (χ0) is 21.7. The fraction of sp³-hybridized carbons (Fsp3) is 0.870. The van der Waals surface area contributed by atoms with Crippen molar-refractivity contribution in [2.24, 2.45) is 0 Å². The van der Waals surface area contributed by atoms with Crippen LogP contribution in [0.1, 0.15) is 122 Å². The van der Waals surface area contributed by atoms with Crippen molar-refractivity contribution >= 4 is 17.8 Å². The fourth-order valence-corrected chi connectivity index (χ4v) is 3.43. The maximum atomic E-state index is 11.8. The number of carbonyl (C=O) groups is 3. The molecule has 0 fully saturated rings. The Hall–Kier alpha value is 0.410. The number of hydrogen-bond acceptors (Lipinski definition) is 5. The first kappa shape index (κ1) is 36.0. The van der Waals surface area contributed by atoms with Gasteiger partial charge in [-0.25, -0.2) is 0 Å². The van der Waals surface area contributed by atoms with Gasteiger partial charge in [0, 0.05) is 12.4 Å². The zero-order valence-electron chi connectivity index (χ0n) is 20.3. The van der Waals surface area contributed by atoms with Crippen molar-refractivity contribution < 1.29 is 83.7 Å². The van der Waals surface area contributed by atoms with Crippen molar-refractivity contribution in [3.63, 3.8) is 0 Å². The van der Waals surface area contributed by atoms with E-state index in [9.17, 15) is 24.6 Å². The van der Waals surface area contributed by atoms with E-state index in [1.165, 1.54) is 77.0 Å². The standard InChI is InChI=1S/C23H43NO5.2Na/c1-2-3-4-5-6-7-8-9-10-11-12-13-14-15-16-17-21(25)24-20(23(28)29)18-19-22(26)27;;/h20H,2-19H2,1H3,(H,24,25)(H,26,27)(H,28,29);;/q;2*+1/p-2/t20-;;/m0../s1. The average Bonchev–Trinajstić information content (AvgIpc) is 2.67. The average molecular weight is 458 g/mol. The number of carbonyl (C=O) groups excluding carboxylic acids is 3. The van der Waals surface area contributed by atoms with Gasteiger partial charge in [-0.3, -0.25) is 4.79 Å². The summed E-state index contributed by atoms with van der Waals surface area (Å²) in [6, 6.07) is -1.27. The molecule has 0 saturated carbocycles. The predicted octanol–water partition coefficient (Wildman–Crippen LogP) is -2.98. The molecule has 31 heavy (non-hydrogen) atoms. The van der Waals surface area contributed by atoms with E-state index in [-0.39, 0.29) is 77.9 Å². The van der Waals surface area contributed by atoms with Gasteiger partial charge in [-0.2, -0.15) is 0 Å². The first-order valence-electron chi connectivity index (χ1n) is 11.7. The van der Waals surface area contributed by atoms with E-state index in [0.29, 0.717) is 6.42 Å². The predicted molar refractivity (Wildman–Crippen MR) is 111 cm³/mol. The van der Waals surface area contributed by atoms with Gasteiger partial charge in [0.05, 0.1) is 12.0 Å². The summed E-state index contributed by atoms with van der Waals surface area (Å²) in [5, 5.41) is 23.7. The maximum Gasteiger partial charge on any atom is 1.00 e. The Morgan fingerprint density at radius 2 is 1.03 bits per heavy atom.